The number of hydrogen-bond acceptors (Lipinski definition) is 12. The number of carbonyl (C=O) groups is 5. The summed E-state index contributed by atoms with van der Waals surface area (Å²) in [6.45, 7) is 4.42. The molecule has 5 rings (SSSR count). The average molecular weight is 950 g/mol. The van der Waals surface area contributed by atoms with Gasteiger partial charge in [-0.1, -0.05) is 113 Å². The van der Waals surface area contributed by atoms with Gasteiger partial charge in [0.2, 0.25) is 0 Å². The van der Waals surface area contributed by atoms with Gasteiger partial charge in [0.15, 0.2) is 0 Å². The largest absolute Gasteiger partial charge is 0.469 e. The molecular formula is C46H72N3O11Pd-. The van der Waals surface area contributed by atoms with Crippen molar-refractivity contribution >= 4 is 30.1 Å². The Kier molecular flexibility index (Phi) is 28.9. The molecule has 2 amide bonds. The predicted octanol–water partition coefficient (Wildman–Crippen LogP) is 7.58. The van der Waals surface area contributed by atoms with E-state index in [9.17, 15) is 24.0 Å². The first-order valence-corrected chi connectivity index (χ1v) is 20.9. The third-order valence-corrected chi connectivity index (χ3v) is 11.9. The first-order valence-electron chi connectivity index (χ1n) is 20.9. The molecule has 0 bridgehead atoms. The number of amides is 2. The zero-order valence-electron chi connectivity index (χ0n) is 37.3. The van der Waals surface area contributed by atoms with E-state index in [2.05, 4.69) is 10.6 Å². The van der Waals surface area contributed by atoms with Crippen LogP contribution in [0.2, 0.25) is 0 Å². The second kappa shape index (κ2) is 30.9. The van der Waals surface area contributed by atoms with Gasteiger partial charge in [-0.05, 0) is 62.5 Å². The molecule has 2 aromatic rings. The van der Waals surface area contributed by atoms with Gasteiger partial charge in [0.25, 0.3) is 0 Å². The number of hydrogen-bond donors (Lipinski definition) is 4. The van der Waals surface area contributed by atoms with Crippen LogP contribution in [0.5, 0.6) is 0 Å². The van der Waals surface area contributed by atoms with E-state index in [0.29, 0.717) is 6.42 Å². The number of aliphatic hydroxyl groups excluding tert-OH is 1. The quantitative estimate of drug-likeness (QED) is 0.0746. The Labute approximate surface area is 377 Å². The summed E-state index contributed by atoms with van der Waals surface area (Å²) in [4.78, 5) is 59.6. The van der Waals surface area contributed by atoms with Crippen molar-refractivity contribution < 1.29 is 73.2 Å². The molecule has 0 aliphatic heterocycles. The van der Waals surface area contributed by atoms with Crippen molar-refractivity contribution in [2.45, 2.75) is 135 Å². The number of alkyl carbamates (subject to hydrolysis) is 2. The Balaban J connectivity index is 0.000000882. The summed E-state index contributed by atoms with van der Waals surface area (Å²) >= 11 is 0. The van der Waals surface area contributed by atoms with Gasteiger partial charge in [-0.2, -0.15) is 0 Å². The summed E-state index contributed by atoms with van der Waals surface area (Å²) in [6.07, 6.45) is 11.5. The van der Waals surface area contributed by atoms with Crippen molar-refractivity contribution in [1.82, 2.24) is 10.6 Å². The summed E-state index contributed by atoms with van der Waals surface area (Å²) in [5.74, 6) is -0.897. The van der Waals surface area contributed by atoms with Crippen LogP contribution >= 0.6 is 0 Å². The van der Waals surface area contributed by atoms with E-state index in [1.807, 2.05) is 74.5 Å². The number of rotatable bonds is 11. The summed E-state index contributed by atoms with van der Waals surface area (Å²) in [7, 11) is 5.22. The minimum atomic E-state index is -0.640. The van der Waals surface area contributed by atoms with Crippen molar-refractivity contribution in [3.8, 4) is 0 Å². The Morgan fingerprint density at radius 1 is 0.639 bits per heavy atom. The summed E-state index contributed by atoms with van der Waals surface area (Å²) in [6, 6.07) is 18.5. The van der Waals surface area contributed by atoms with Crippen LogP contribution in [0.15, 0.2) is 60.7 Å². The smallest absolute Gasteiger partial charge is 0.407 e. The summed E-state index contributed by atoms with van der Waals surface area (Å²) < 4.78 is 25.1. The van der Waals surface area contributed by atoms with E-state index in [-0.39, 0.29) is 83.0 Å². The average Bonchev–Trinajstić information content (AvgIpc) is 3.29. The van der Waals surface area contributed by atoms with Gasteiger partial charge in [-0.15, -0.1) is 0 Å². The second-order valence-electron chi connectivity index (χ2n) is 15.1. The Bertz CT molecular complexity index is 1550. The zero-order chi connectivity index (χ0) is 43.7. The molecule has 348 valence electrons. The van der Waals surface area contributed by atoms with Crippen molar-refractivity contribution in [2.75, 3.05) is 28.4 Å². The van der Waals surface area contributed by atoms with Gasteiger partial charge in [0.05, 0.1) is 38.1 Å². The zero-order valence-corrected chi connectivity index (χ0v) is 38.9. The molecule has 6 atom stereocenters. The third-order valence-electron chi connectivity index (χ3n) is 11.9. The van der Waals surface area contributed by atoms with Gasteiger partial charge in [0, 0.05) is 45.7 Å². The van der Waals surface area contributed by atoms with Gasteiger partial charge < -0.3 is 52.6 Å². The minimum Gasteiger partial charge on any atom is -0.469 e. The van der Waals surface area contributed by atoms with Gasteiger partial charge in [0.1, 0.15) is 13.2 Å². The van der Waals surface area contributed by atoms with E-state index in [1.165, 1.54) is 21.3 Å². The molecule has 0 saturated heterocycles. The van der Waals surface area contributed by atoms with Crippen LogP contribution in [-0.4, -0.2) is 81.8 Å². The number of carbonyl (C=O) groups excluding carboxylic acids is 5. The molecule has 0 unspecified atom stereocenters. The fourth-order valence-electron chi connectivity index (χ4n) is 8.33. The number of benzene rings is 2. The van der Waals surface area contributed by atoms with Crippen LogP contribution < -0.4 is 16.4 Å². The number of nitrogens with one attached hydrogen (secondary N) is 2. The first-order chi connectivity index (χ1) is 28.5. The van der Waals surface area contributed by atoms with Gasteiger partial charge in [-0.3, -0.25) is 14.4 Å². The normalized spacial score (nSPS) is 23.7. The molecular weight excluding hydrogens is 877 g/mol. The molecule has 61 heavy (non-hydrogen) atoms. The molecule has 0 spiro atoms. The van der Waals surface area contributed by atoms with Crippen LogP contribution in [0.3, 0.4) is 0 Å². The Hall–Kier alpha value is -4.03. The number of nitrogens with two attached hydrogens (primary N) is 1. The van der Waals surface area contributed by atoms with Crippen LogP contribution in [-0.2, 0) is 71.7 Å². The molecule has 14 nitrogen and oxygen atoms in total. The summed E-state index contributed by atoms with van der Waals surface area (Å²) in [5.41, 5.74) is 6.83. The molecule has 5 N–H and O–H groups in total. The molecule has 3 aliphatic rings. The van der Waals surface area contributed by atoms with Crippen LogP contribution in [0, 0.1) is 24.2 Å². The monoisotopic (exact) mass is 948 g/mol. The minimum absolute atomic E-state index is 0. The third kappa shape index (κ3) is 17.3. The van der Waals surface area contributed by atoms with Crippen LogP contribution in [0.1, 0.15) is 115 Å². The number of methoxy groups -OCH3 is 3. The fraction of sp³-hybridized carbons (Fsp3) is 0.609. The molecule has 3 saturated carbocycles. The van der Waals surface area contributed by atoms with Crippen LogP contribution in [0.4, 0.5) is 9.59 Å². The number of ether oxygens (including phenoxy) is 5. The van der Waals surface area contributed by atoms with E-state index in [4.69, 9.17) is 34.5 Å². The Morgan fingerprint density at radius 3 is 1.56 bits per heavy atom. The van der Waals surface area contributed by atoms with Crippen molar-refractivity contribution in [1.29, 1.82) is 0 Å². The molecule has 0 radical (unpaired) electrons. The Morgan fingerprint density at radius 2 is 1.08 bits per heavy atom. The molecule has 0 aromatic heterocycles. The molecule has 3 aliphatic carbocycles. The topological polar surface area (TPSA) is 202 Å². The molecule has 2 aromatic carbocycles. The first kappa shape index (κ1) is 57.0. The van der Waals surface area contributed by atoms with Gasteiger partial charge in [-0.25, -0.2) is 9.59 Å². The van der Waals surface area contributed by atoms with E-state index in [1.54, 1.807) is 0 Å². The SMILES string of the molecule is CC[C@@]1(C(=O)OC)CCCC[C@@H]1N.CC[C@@]1(C(=O)OC)CCCC[C@@H]1NC(=O)OCc1ccccc1.CO.COC(=O)[C@H]1CCCC[C@@H]1NC(=O)OCc1ccccc1.[CH3-].[Pd]. The van der Waals surface area contributed by atoms with E-state index >= 15 is 0 Å². The van der Waals surface area contributed by atoms with E-state index in [0.717, 1.165) is 102 Å². The maximum absolute atomic E-state index is 12.3. The predicted molar refractivity (Wildman–Crippen MR) is 230 cm³/mol. The maximum Gasteiger partial charge on any atom is 0.407 e. The second-order valence-corrected chi connectivity index (χ2v) is 15.1. The molecule has 0 heterocycles. The standard InChI is InChI=1S/C18H25NO4.C16H21NO4.C10H19NO2.CH4O.CH3.Pd/c1-3-18(16(20)22-2)12-8-7-11-15(18)19-17(21)23-13-14-9-5-4-6-10-14;1-20-15(18)13-9-5-6-10-14(13)17-16(19)21-11-12-7-3-2-4-8-12;1-3-10(9(12)13-2)7-5-4-6-8(10)11;1-2;;/h4-6,9-10,15H,3,7-8,11-13H2,1-2H3,(H,19,21);2-4,7-8,13-14H,5-6,9-11H2,1H3,(H,17,19);8H,3-7,11H2,1-2H3;2H,1H3;1H3;/q;;;;-1;/t15-,18+;13-,14-;8-,10+;;;/m000.../s1. The van der Waals surface area contributed by atoms with Crippen molar-refractivity contribution in [2.24, 2.45) is 22.5 Å². The molecule has 15 heteroatoms. The maximum atomic E-state index is 12.3. The number of aliphatic hydroxyl groups is 1. The number of esters is 3. The van der Waals surface area contributed by atoms with Crippen LogP contribution in [0.25, 0.3) is 0 Å². The van der Waals surface area contributed by atoms with Gasteiger partial charge >= 0.3 is 30.1 Å². The fourth-order valence-corrected chi connectivity index (χ4v) is 8.33. The van der Waals surface area contributed by atoms with Crippen molar-refractivity contribution in [3.63, 3.8) is 0 Å². The van der Waals surface area contributed by atoms with E-state index < -0.39 is 23.0 Å². The van der Waals surface area contributed by atoms with Crippen molar-refractivity contribution in [3.05, 3.63) is 79.2 Å². The molecule has 3 fully saturated rings. The summed E-state index contributed by atoms with van der Waals surface area (Å²) in [5, 5.41) is 12.7.